The van der Waals surface area contributed by atoms with E-state index in [1.807, 2.05) is 24.3 Å². The summed E-state index contributed by atoms with van der Waals surface area (Å²) in [5.74, 6) is 2.43. The Kier molecular flexibility index (Phi) is 9.05. The third-order valence-electron chi connectivity index (χ3n) is 6.53. The van der Waals surface area contributed by atoms with Crippen molar-refractivity contribution < 1.29 is 34.2 Å². The third kappa shape index (κ3) is 6.60. The van der Waals surface area contributed by atoms with E-state index < -0.39 is 27.7 Å². The minimum absolute atomic E-state index is 0.0412. The Bertz CT molecular complexity index is 1450. The van der Waals surface area contributed by atoms with Gasteiger partial charge in [0.15, 0.2) is 0 Å². The van der Waals surface area contributed by atoms with E-state index in [1.165, 1.54) is 6.07 Å². The van der Waals surface area contributed by atoms with E-state index in [-0.39, 0.29) is 36.7 Å². The summed E-state index contributed by atoms with van der Waals surface area (Å²) in [6.45, 7) is 0.634. The average molecular weight is 662 g/mol. The van der Waals surface area contributed by atoms with Gasteiger partial charge >= 0.3 is 241 Å². The topological polar surface area (TPSA) is 42.0 Å². The normalized spacial score (nSPS) is 20.1. The van der Waals surface area contributed by atoms with Crippen LogP contribution in [0.15, 0.2) is 90.3 Å². The van der Waals surface area contributed by atoms with E-state index in [0.29, 0.717) is 23.7 Å². The molecule has 1 aliphatic carbocycles. The van der Waals surface area contributed by atoms with E-state index in [0.717, 1.165) is 40.8 Å². The van der Waals surface area contributed by atoms with Crippen LogP contribution in [0.2, 0.25) is 5.02 Å². The number of halogens is 4. The van der Waals surface area contributed by atoms with Crippen molar-refractivity contribution in [2.45, 2.75) is 34.6 Å². The van der Waals surface area contributed by atoms with E-state index in [1.54, 1.807) is 24.5 Å². The van der Waals surface area contributed by atoms with Crippen molar-refractivity contribution in [1.82, 2.24) is 10.3 Å². The fraction of sp³-hybridized carbons (Fsp3) is 0.233. The van der Waals surface area contributed by atoms with Crippen LogP contribution in [0.3, 0.4) is 0 Å². The van der Waals surface area contributed by atoms with Crippen molar-refractivity contribution in [3.63, 3.8) is 0 Å². The molecule has 0 fully saturated rings. The Morgan fingerprint density at radius 2 is 1.87 bits per heavy atom. The van der Waals surface area contributed by atoms with Crippen LogP contribution in [-0.4, -0.2) is 24.9 Å². The predicted octanol–water partition coefficient (Wildman–Crippen LogP) is 2.89. The Labute approximate surface area is 239 Å². The number of rotatable bonds is 10. The first-order valence-corrected chi connectivity index (χ1v) is 16.3. The molecule has 1 aliphatic heterocycles. The van der Waals surface area contributed by atoms with Crippen LogP contribution in [0.25, 0.3) is 0 Å². The molecule has 2 aromatic carbocycles. The van der Waals surface area contributed by atoms with Crippen LogP contribution in [0.4, 0.5) is 8.78 Å². The molecule has 0 spiro atoms. The molecule has 4 unspecified atom stereocenters. The van der Waals surface area contributed by atoms with Crippen LogP contribution in [0, 0.1) is 21.5 Å². The summed E-state index contributed by atoms with van der Waals surface area (Å²) in [4.78, 5) is 4.07. The van der Waals surface area contributed by atoms with Crippen molar-refractivity contribution in [2.75, 3.05) is 5.75 Å². The standard InChI is InChI=1S/C30H25ClF2IN2OS/c31-22-3-1-20(2-4-22)12-16-38(37)30(27-17-23(32)5-8-28(27)33)26-18-24(6-7-25(26)29-9-13-34-29)36-19-21-10-14-35-15-11-21/h1-5,7-8,10-11,14-15,17-18,24,29-30,36H,6,12,16,19H2/q-1. The van der Waals surface area contributed by atoms with Gasteiger partial charge in [-0.15, -0.1) is 0 Å². The van der Waals surface area contributed by atoms with Gasteiger partial charge in [0.25, 0.3) is 0 Å². The van der Waals surface area contributed by atoms with Crippen LogP contribution in [0.1, 0.15) is 28.4 Å². The fourth-order valence-electron chi connectivity index (χ4n) is 4.53. The summed E-state index contributed by atoms with van der Waals surface area (Å²) < 4.78 is 46.9. The van der Waals surface area contributed by atoms with E-state index in [9.17, 15) is 8.60 Å². The Morgan fingerprint density at radius 3 is 2.58 bits per heavy atom. The molecule has 3 nitrogen and oxygen atoms in total. The molecule has 0 bridgehead atoms. The molecule has 8 heteroatoms. The van der Waals surface area contributed by atoms with Crippen molar-refractivity contribution in [1.29, 1.82) is 0 Å². The van der Waals surface area contributed by atoms with Crippen LogP contribution in [0.5, 0.6) is 0 Å². The Balaban J connectivity index is 1.48. The molecule has 196 valence electrons. The van der Waals surface area contributed by atoms with Gasteiger partial charge in [-0.05, 0) is 0 Å². The Hall–Kier alpha value is -2.38. The zero-order valence-corrected chi connectivity index (χ0v) is 24.1. The molecule has 0 saturated carbocycles. The number of nitrogens with zero attached hydrogens (tertiary/aromatic N) is 1. The number of aryl methyl sites for hydroxylation is 1. The van der Waals surface area contributed by atoms with Gasteiger partial charge in [-0.3, -0.25) is 0 Å². The molecule has 1 N–H and O–H groups in total. The molecule has 0 amide bonds. The predicted molar refractivity (Wildman–Crippen MR) is 144 cm³/mol. The SMILES string of the molecule is O=S(CCc1ccc(Cl)cc1)C(C1=CC(NCc2ccncc2)CC=C1C1C#C[I-]1)c1cc(F)ccc1F. The second-order valence-electron chi connectivity index (χ2n) is 9.08. The molecule has 38 heavy (non-hydrogen) atoms. The molecule has 1 aromatic heterocycles. The maximum atomic E-state index is 15.2. The first-order valence-electron chi connectivity index (χ1n) is 12.2. The van der Waals surface area contributed by atoms with Crippen molar-refractivity contribution in [3.8, 4) is 9.85 Å². The molecule has 0 radical (unpaired) electrons. The minimum atomic E-state index is -1.52. The van der Waals surface area contributed by atoms with Crippen molar-refractivity contribution in [3.05, 3.63) is 124 Å². The summed E-state index contributed by atoms with van der Waals surface area (Å²) in [7, 11) is -1.52. The first kappa shape index (κ1) is 27.2. The summed E-state index contributed by atoms with van der Waals surface area (Å²) in [5.41, 5.74) is 4.02. The van der Waals surface area contributed by atoms with E-state index >= 15 is 4.39 Å². The van der Waals surface area contributed by atoms with Gasteiger partial charge in [-0.1, -0.05) is 0 Å². The zero-order valence-electron chi connectivity index (χ0n) is 20.3. The van der Waals surface area contributed by atoms with Gasteiger partial charge in [0.1, 0.15) is 0 Å². The molecule has 2 heterocycles. The molecule has 2 aliphatic rings. The summed E-state index contributed by atoms with van der Waals surface area (Å²) in [5, 5.41) is 3.37. The molecular weight excluding hydrogens is 637 g/mol. The van der Waals surface area contributed by atoms with Gasteiger partial charge in [0, 0.05) is 0 Å². The molecule has 4 atom stereocenters. The number of nitrogens with one attached hydrogen (secondary N) is 1. The second kappa shape index (κ2) is 12.6. The summed E-state index contributed by atoms with van der Waals surface area (Å²) >= 11 is 5.67. The number of benzene rings is 2. The first-order chi connectivity index (χ1) is 18.5. The van der Waals surface area contributed by atoms with Gasteiger partial charge in [-0.2, -0.15) is 0 Å². The monoisotopic (exact) mass is 661 g/mol. The third-order valence-corrected chi connectivity index (χ3v) is 10.7. The number of alkyl halides is 1. The Morgan fingerprint density at radius 1 is 1.11 bits per heavy atom. The van der Waals surface area contributed by atoms with Crippen LogP contribution < -0.4 is 26.5 Å². The second-order valence-corrected chi connectivity index (χ2v) is 13.6. The van der Waals surface area contributed by atoms with Gasteiger partial charge in [0.2, 0.25) is 0 Å². The van der Waals surface area contributed by atoms with Crippen molar-refractivity contribution in [2.24, 2.45) is 0 Å². The quantitative estimate of drug-likeness (QED) is 0.207. The molecular formula is C30H25ClF2IN2OS-. The fourth-order valence-corrected chi connectivity index (χ4v) is 7.86. The van der Waals surface area contributed by atoms with Gasteiger partial charge < -0.3 is 0 Å². The van der Waals surface area contributed by atoms with E-state index in [4.69, 9.17) is 11.6 Å². The number of aromatic nitrogens is 1. The molecule has 3 aromatic rings. The van der Waals surface area contributed by atoms with Crippen molar-refractivity contribution >= 4 is 22.4 Å². The zero-order chi connectivity index (χ0) is 26.5. The number of pyridine rings is 1. The summed E-state index contributed by atoms with van der Waals surface area (Å²) in [6.07, 6.45) is 9.00. The molecule has 0 saturated heterocycles. The number of allylic oxidation sites excluding steroid dienone is 1. The summed E-state index contributed by atoms with van der Waals surface area (Å²) in [6, 6.07) is 14.7. The molecule has 5 rings (SSSR count). The van der Waals surface area contributed by atoms with Gasteiger partial charge in [0.05, 0.1) is 0 Å². The number of hydrogen-bond donors (Lipinski definition) is 1. The van der Waals surface area contributed by atoms with Gasteiger partial charge in [-0.25, -0.2) is 0 Å². The van der Waals surface area contributed by atoms with E-state index in [2.05, 4.69) is 32.3 Å². The number of hydrogen-bond acceptors (Lipinski definition) is 3. The maximum absolute atomic E-state index is 15.2. The average Bonchev–Trinajstić information content (AvgIpc) is 2.90. The van der Waals surface area contributed by atoms with Crippen LogP contribution >= 0.6 is 11.6 Å². The van der Waals surface area contributed by atoms with Crippen LogP contribution in [-0.2, 0) is 23.8 Å².